The number of nitrogens with zero attached hydrogens (tertiary/aromatic N) is 4. The van der Waals surface area contributed by atoms with Gasteiger partial charge in [-0.1, -0.05) is 12.1 Å². The molecule has 1 aliphatic heterocycles. The predicted octanol–water partition coefficient (Wildman–Crippen LogP) is 3.07. The Labute approximate surface area is 168 Å². The molecule has 29 heavy (non-hydrogen) atoms. The molecule has 1 aliphatic rings. The fraction of sp³-hybridized carbons (Fsp3) is 0.273. The minimum atomic E-state index is -0.215. The van der Waals surface area contributed by atoms with Crippen LogP contribution in [0.4, 0.5) is 4.39 Å². The molecule has 6 nitrogen and oxygen atoms in total. The number of carbonyl (C=O) groups is 1. The Bertz CT molecular complexity index is 939. The van der Waals surface area contributed by atoms with Crippen LogP contribution in [0.5, 0.6) is 0 Å². The van der Waals surface area contributed by atoms with Crippen LogP contribution in [0.2, 0.25) is 0 Å². The lowest BCUT2D eigenvalue weighted by molar-refractivity contribution is 0.0908. The molecule has 1 amide bonds. The number of benzene rings is 1. The van der Waals surface area contributed by atoms with Crippen LogP contribution in [0, 0.1) is 5.82 Å². The summed E-state index contributed by atoms with van der Waals surface area (Å²) < 4.78 is 13.0. The van der Waals surface area contributed by atoms with E-state index in [0.717, 1.165) is 43.6 Å². The molecule has 4 rings (SSSR count). The zero-order valence-electron chi connectivity index (χ0n) is 16.0. The topological polar surface area (TPSA) is 71.0 Å². The van der Waals surface area contributed by atoms with E-state index < -0.39 is 0 Å². The monoisotopic (exact) mass is 391 g/mol. The number of rotatable bonds is 5. The van der Waals surface area contributed by atoms with E-state index in [-0.39, 0.29) is 17.8 Å². The van der Waals surface area contributed by atoms with Crippen molar-refractivity contribution in [1.29, 1.82) is 0 Å². The van der Waals surface area contributed by atoms with Crippen molar-refractivity contribution >= 4 is 5.91 Å². The number of amides is 1. The van der Waals surface area contributed by atoms with Crippen molar-refractivity contribution in [2.45, 2.75) is 25.4 Å². The molecule has 3 heterocycles. The lowest BCUT2D eigenvalue weighted by Gasteiger charge is -2.32. The van der Waals surface area contributed by atoms with Crippen molar-refractivity contribution in [3.8, 4) is 11.4 Å². The van der Waals surface area contributed by atoms with Gasteiger partial charge in [-0.05, 0) is 42.7 Å². The van der Waals surface area contributed by atoms with Gasteiger partial charge in [0.2, 0.25) is 0 Å². The second-order valence-electron chi connectivity index (χ2n) is 7.18. The lowest BCUT2D eigenvalue weighted by atomic mass is 10.0. The van der Waals surface area contributed by atoms with Gasteiger partial charge in [-0.3, -0.25) is 14.7 Å². The maximum atomic E-state index is 13.0. The quantitative estimate of drug-likeness (QED) is 0.724. The Morgan fingerprint density at radius 1 is 1.03 bits per heavy atom. The molecule has 0 aliphatic carbocycles. The van der Waals surface area contributed by atoms with Gasteiger partial charge in [-0.25, -0.2) is 14.4 Å². The zero-order valence-corrected chi connectivity index (χ0v) is 16.0. The Morgan fingerprint density at radius 3 is 2.34 bits per heavy atom. The highest BCUT2D eigenvalue weighted by molar-refractivity contribution is 5.93. The Kier molecular flexibility index (Phi) is 5.86. The van der Waals surface area contributed by atoms with E-state index in [9.17, 15) is 9.18 Å². The van der Waals surface area contributed by atoms with Gasteiger partial charge in [0.05, 0.1) is 5.56 Å². The molecule has 2 aromatic heterocycles. The second kappa shape index (κ2) is 8.87. The summed E-state index contributed by atoms with van der Waals surface area (Å²) in [5.74, 6) is 0.203. The van der Waals surface area contributed by atoms with Crippen molar-refractivity contribution in [3.63, 3.8) is 0 Å². The highest BCUT2D eigenvalue weighted by Gasteiger charge is 2.21. The summed E-state index contributed by atoms with van der Waals surface area (Å²) in [5.41, 5.74) is 2.41. The largest absolute Gasteiger partial charge is 0.349 e. The van der Waals surface area contributed by atoms with E-state index in [1.54, 1.807) is 24.8 Å². The molecule has 1 fully saturated rings. The van der Waals surface area contributed by atoms with Gasteiger partial charge >= 0.3 is 0 Å². The minimum absolute atomic E-state index is 0.131. The third kappa shape index (κ3) is 5.00. The molecular weight excluding hydrogens is 369 g/mol. The molecule has 0 bridgehead atoms. The Morgan fingerprint density at radius 2 is 1.69 bits per heavy atom. The van der Waals surface area contributed by atoms with Crippen molar-refractivity contribution in [1.82, 2.24) is 25.2 Å². The van der Waals surface area contributed by atoms with Crippen LogP contribution in [0.1, 0.15) is 28.8 Å². The highest BCUT2D eigenvalue weighted by Crippen LogP contribution is 2.16. The van der Waals surface area contributed by atoms with Crippen LogP contribution >= 0.6 is 0 Å². The van der Waals surface area contributed by atoms with E-state index in [1.807, 2.05) is 24.3 Å². The first-order chi connectivity index (χ1) is 14.2. The smallest absolute Gasteiger partial charge is 0.254 e. The zero-order chi connectivity index (χ0) is 20.1. The number of hydrogen-bond donors (Lipinski definition) is 1. The standard InChI is InChI=1S/C22H22FN5O/c23-19-3-1-16(2-4-19)15-28-11-7-20(8-12-28)27-22(29)18-13-25-21(26-14-18)17-5-9-24-10-6-17/h1-6,9-10,13-14,20H,7-8,11-12,15H2,(H,27,29). The number of aromatic nitrogens is 3. The van der Waals surface area contributed by atoms with Gasteiger partial charge < -0.3 is 5.32 Å². The van der Waals surface area contributed by atoms with Gasteiger partial charge in [0.15, 0.2) is 5.82 Å². The molecular formula is C22H22FN5O. The third-order valence-corrected chi connectivity index (χ3v) is 5.09. The molecule has 1 aromatic carbocycles. The summed E-state index contributed by atoms with van der Waals surface area (Å²) in [6.45, 7) is 2.57. The van der Waals surface area contributed by atoms with Crippen LogP contribution in [-0.2, 0) is 6.54 Å². The second-order valence-corrected chi connectivity index (χ2v) is 7.18. The summed E-state index contributed by atoms with van der Waals surface area (Å²) in [4.78, 5) is 27.4. The molecule has 1 saturated heterocycles. The number of nitrogens with one attached hydrogen (secondary N) is 1. The Hall–Kier alpha value is -3.19. The summed E-state index contributed by atoms with van der Waals surface area (Å²) in [7, 11) is 0. The highest BCUT2D eigenvalue weighted by atomic mass is 19.1. The SMILES string of the molecule is O=C(NC1CCN(Cc2ccc(F)cc2)CC1)c1cnc(-c2ccncc2)nc1. The molecule has 0 unspecified atom stereocenters. The number of halogens is 1. The van der Waals surface area contributed by atoms with Crippen molar-refractivity contribution in [2.24, 2.45) is 0 Å². The first-order valence-corrected chi connectivity index (χ1v) is 9.67. The summed E-state index contributed by atoms with van der Waals surface area (Å²) in [6.07, 6.45) is 8.23. The van der Waals surface area contributed by atoms with Crippen molar-refractivity contribution < 1.29 is 9.18 Å². The van der Waals surface area contributed by atoms with E-state index in [1.165, 1.54) is 12.1 Å². The number of hydrogen-bond acceptors (Lipinski definition) is 5. The van der Waals surface area contributed by atoms with Crippen LogP contribution in [0.25, 0.3) is 11.4 Å². The molecule has 0 atom stereocenters. The normalized spacial score (nSPS) is 15.2. The van der Waals surface area contributed by atoms with E-state index in [0.29, 0.717) is 11.4 Å². The maximum absolute atomic E-state index is 13.0. The Balaban J connectivity index is 1.28. The molecule has 3 aromatic rings. The van der Waals surface area contributed by atoms with E-state index >= 15 is 0 Å². The molecule has 1 N–H and O–H groups in total. The molecule has 0 spiro atoms. The fourth-order valence-corrected chi connectivity index (χ4v) is 3.45. The molecule has 0 saturated carbocycles. The van der Waals surface area contributed by atoms with Crippen molar-refractivity contribution in [3.05, 3.63) is 78.1 Å². The van der Waals surface area contributed by atoms with Crippen LogP contribution in [0.15, 0.2) is 61.2 Å². The minimum Gasteiger partial charge on any atom is -0.349 e. The van der Waals surface area contributed by atoms with E-state index in [4.69, 9.17) is 0 Å². The van der Waals surface area contributed by atoms with Crippen LogP contribution in [0.3, 0.4) is 0 Å². The predicted molar refractivity (Wildman–Crippen MR) is 107 cm³/mol. The van der Waals surface area contributed by atoms with E-state index in [2.05, 4.69) is 25.2 Å². The van der Waals surface area contributed by atoms with Crippen LogP contribution in [-0.4, -0.2) is 44.9 Å². The van der Waals surface area contributed by atoms with Gasteiger partial charge in [0, 0.05) is 56.0 Å². The summed E-state index contributed by atoms with van der Waals surface area (Å²) in [5, 5.41) is 3.08. The first kappa shape index (κ1) is 19.1. The molecule has 148 valence electrons. The third-order valence-electron chi connectivity index (χ3n) is 5.09. The average molecular weight is 391 g/mol. The lowest BCUT2D eigenvalue weighted by Crippen LogP contribution is -2.44. The number of pyridine rings is 1. The van der Waals surface area contributed by atoms with Gasteiger partial charge in [0.25, 0.3) is 5.91 Å². The average Bonchev–Trinajstić information content (AvgIpc) is 2.77. The van der Waals surface area contributed by atoms with Gasteiger partial charge in [0.1, 0.15) is 5.82 Å². The summed E-state index contributed by atoms with van der Waals surface area (Å²) >= 11 is 0. The fourth-order valence-electron chi connectivity index (χ4n) is 3.45. The number of piperidine rings is 1. The number of likely N-dealkylation sites (tertiary alicyclic amines) is 1. The molecule has 7 heteroatoms. The maximum Gasteiger partial charge on any atom is 0.254 e. The van der Waals surface area contributed by atoms with Crippen LogP contribution < -0.4 is 5.32 Å². The summed E-state index contributed by atoms with van der Waals surface area (Å²) in [6, 6.07) is 10.4. The molecule has 0 radical (unpaired) electrons. The number of carbonyl (C=O) groups excluding carboxylic acids is 1. The van der Waals surface area contributed by atoms with Gasteiger partial charge in [-0.15, -0.1) is 0 Å². The first-order valence-electron chi connectivity index (χ1n) is 9.67. The van der Waals surface area contributed by atoms with Crippen molar-refractivity contribution in [2.75, 3.05) is 13.1 Å². The van der Waals surface area contributed by atoms with Gasteiger partial charge in [-0.2, -0.15) is 0 Å².